The summed E-state index contributed by atoms with van der Waals surface area (Å²) in [5, 5.41) is 11.6. The molecule has 9 nitrogen and oxygen atoms in total. The normalized spacial score (nSPS) is 26.4. The average molecular weight is 469 g/mol. The van der Waals surface area contributed by atoms with Crippen molar-refractivity contribution in [3.8, 4) is 0 Å². The fourth-order valence-corrected chi connectivity index (χ4v) is 5.88. The third kappa shape index (κ3) is 3.37. The first-order valence-electron chi connectivity index (χ1n) is 9.35. The molecular weight excluding hydrogens is 451 g/mol. The molecule has 2 aliphatic rings. The fourth-order valence-electron chi connectivity index (χ4n) is 3.94. The summed E-state index contributed by atoms with van der Waals surface area (Å²) >= 11 is 0. The molecule has 1 aromatic heterocycles. The topological polar surface area (TPSA) is 124 Å². The Balaban J connectivity index is 1.76. The number of nitrogens with zero attached hydrogens (tertiary/aromatic N) is 2. The molecule has 1 amide bonds. The van der Waals surface area contributed by atoms with E-state index in [2.05, 4.69) is 15.6 Å². The van der Waals surface area contributed by atoms with Gasteiger partial charge >= 0.3 is 0 Å². The highest BCUT2D eigenvalue weighted by Crippen LogP contribution is 2.44. The maximum atomic E-state index is 15.0. The largest absolute Gasteiger partial charge is 0.371 e. The Hall–Kier alpha value is -3.19. The van der Waals surface area contributed by atoms with E-state index < -0.39 is 63.7 Å². The lowest BCUT2D eigenvalue weighted by atomic mass is 9.86. The van der Waals surface area contributed by atoms with Crippen LogP contribution < -0.4 is 10.6 Å². The Bertz CT molecular complexity index is 1190. The second-order valence-electron chi connectivity index (χ2n) is 7.39. The Morgan fingerprint density at radius 2 is 2.12 bits per heavy atom. The molecule has 0 radical (unpaired) electrons. The molecule has 32 heavy (non-hydrogen) atoms. The Labute approximate surface area is 181 Å². The molecule has 2 fully saturated rings. The molecule has 1 aromatic carbocycles. The summed E-state index contributed by atoms with van der Waals surface area (Å²) in [6.45, 7) is -1.56. The van der Waals surface area contributed by atoms with E-state index in [1.807, 2.05) is 0 Å². The van der Waals surface area contributed by atoms with Crippen molar-refractivity contribution < 1.29 is 31.1 Å². The zero-order chi connectivity index (χ0) is 23.3. The molecule has 0 aliphatic carbocycles. The molecule has 2 saturated heterocycles. The number of hydrogen-bond acceptors (Lipinski definition) is 6. The second kappa shape index (κ2) is 7.74. The maximum Gasteiger partial charge on any atom is 0.274 e. The Morgan fingerprint density at radius 1 is 1.38 bits per heavy atom. The monoisotopic (exact) mass is 469 g/mol. The van der Waals surface area contributed by atoms with Crippen molar-refractivity contribution in [2.24, 2.45) is 0 Å². The lowest BCUT2D eigenvalue weighted by Gasteiger charge is -2.44. The van der Waals surface area contributed by atoms with E-state index in [-0.39, 0.29) is 16.9 Å². The van der Waals surface area contributed by atoms with E-state index in [1.165, 1.54) is 12.1 Å². The van der Waals surface area contributed by atoms with Crippen LogP contribution in [0.4, 0.5) is 18.9 Å². The average Bonchev–Trinajstić information content (AvgIpc) is 3.14. The lowest BCUT2D eigenvalue weighted by molar-refractivity contribution is 0.0835. The summed E-state index contributed by atoms with van der Waals surface area (Å²) in [4.78, 5) is 16.1. The van der Waals surface area contributed by atoms with Gasteiger partial charge in [0.25, 0.3) is 5.91 Å². The molecule has 0 saturated carbocycles. The number of aromatic nitrogens is 1. The summed E-state index contributed by atoms with van der Waals surface area (Å²) in [5.74, 6) is -2.71. The van der Waals surface area contributed by atoms with E-state index in [9.17, 15) is 26.4 Å². The van der Waals surface area contributed by atoms with Crippen LogP contribution in [0.1, 0.15) is 16.1 Å². The quantitative estimate of drug-likeness (QED) is 0.621. The van der Waals surface area contributed by atoms with Crippen LogP contribution in [0.15, 0.2) is 36.5 Å². The minimum absolute atomic E-state index is 0.0824. The smallest absolute Gasteiger partial charge is 0.274 e. The van der Waals surface area contributed by atoms with E-state index in [0.29, 0.717) is 4.31 Å². The van der Waals surface area contributed by atoms with Gasteiger partial charge in [-0.05, 0) is 30.3 Å². The van der Waals surface area contributed by atoms with Crippen LogP contribution in [0.2, 0.25) is 0 Å². The van der Waals surface area contributed by atoms with E-state index in [0.717, 1.165) is 31.4 Å². The standard InChI is InChI=1S/C19H18F3N5O4S/c1-27-18(23)26-19(9-31-15(7-20)16(19)32(27,29)30)12-6-11(3-4-13(12)22)25-17(28)14-5-2-10(21)8-24-14/h2-6,8,15-16H,7,9H2,1H3,(H2,23,26)(H,25,28)/t15-,16-,19-/m1/s1. The number of fused-ring (bicyclic) bond motifs is 1. The summed E-state index contributed by atoms with van der Waals surface area (Å²) in [5.41, 5.74) is -2.03. The highest BCUT2D eigenvalue weighted by Gasteiger charge is 2.63. The number of ether oxygens (including phenoxy) is 1. The number of sulfonamides is 1. The number of guanidine groups is 1. The Morgan fingerprint density at radius 3 is 2.78 bits per heavy atom. The molecule has 13 heteroatoms. The number of rotatable bonds is 4. The van der Waals surface area contributed by atoms with E-state index in [4.69, 9.17) is 10.1 Å². The van der Waals surface area contributed by atoms with Gasteiger partial charge in [0.2, 0.25) is 16.0 Å². The molecule has 170 valence electrons. The van der Waals surface area contributed by atoms with Gasteiger partial charge in [0.05, 0.1) is 12.8 Å². The fraction of sp³-hybridized carbons (Fsp3) is 0.316. The van der Waals surface area contributed by atoms with Gasteiger partial charge in [0.15, 0.2) is 0 Å². The number of carbonyl (C=O) groups is 1. The van der Waals surface area contributed by atoms with Crippen LogP contribution in [0.25, 0.3) is 0 Å². The van der Waals surface area contributed by atoms with Gasteiger partial charge in [-0.1, -0.05) is 0 Å². The minimum Gasteiger partial charge on any atom is -0.371 e. The number of benzene rings is 1. The van der Waals surface area contributed by atoms with Crippen LogP contribution >= 0.6 is 0 Å². The van der Waals surface area contributed by atoms with Gasteiger partial charge in [0.1, 0.15) is 40.9 Å². The van der Waals surface area contributed by atoms with Crippen molar-refractivity contribution in [2.45, 2.75) is 16.9 Å². The maximum absolute atomic E-state index is 15.0. The lowest BCUT2D eigenvalue weighted by Crippen LogP contribution is -2.68. The predicted molar refractivity (Wildman–Crippen MR) is 107 cm³/mol. The summed E-state index contributed by atoms with van der Waals surface area (Å²) in [7, 11) is -3.14. The first-order chi connectivity index (χ1) is 15.1. The third-order valence-corrected chi connectivity index (χ3v) is 7.82. The number of nitrogens with one attached hydrogen (secondary N) is 3. The number of carbonyl (C=O) groups excluding carboxylic acids is 1. The molecule has 4 rings (SSSR count). The summed E-state index contributed by atoms with van der Waals surface area (Å²) < 4.78 is 73.6. The minimum atomic E-state index is -4.27. The zero-order valence-electron chi connectivity index (χ0n) is 16.6. The van der Waals surface area contributed by atoms with E-state index >= 15 is 0 Å². The molecule has 3 atom stereocenters. The number of anilines is 1. The second-order valence-corrected chi connectivity index (χ2v) is 9.48. The number of hydrogen-bond donors (Lipinski definition) is 3. The first kappa shape index (κ1) is 22.0. The molecule has 3 N–H and O–H groups in total. The highest BCUT2D eigenvalue weighted by molar-refractivity contribution is 7.90. The molecule has 2 aromatic rings. The van der Waals surface area contributed by atoms with Gasteiger partial charge in [0, 0.05) is 18.3 Å². The van der Waals surface area contributed by atoms with Gasteiger partial charge in [-0.15, -0.1) is 0 Å². The van der Waals surface area contributed by atoms with E-state index in [1.54, 1.807) is 0 Å². The number of pyridine rings is 1. The van der Waals surface area contributed by atoms with Crippen LogP contribution in [0.3, 0.4) is 0 Å². The molecular formula is C19H18F3N5O4S. The van der Waals surface area contributed by atoms with Crippen LogP contribution in [0.5, 0.6) is 0 Å². The highest BCUT2D eigenvalue weighted by atomic mass is 32.2. The van der Waals surface area contributed by atoms with Crippen molar-refractivity contribution in [3.63, 3.8) is 0 Å². The van der Waals surface area contributed by atoms with Gasteiger partial charge < -0.3 is 15.4 Å². The van der Waals surface area contributed by atoms with Crippen LogP contribution in [-0.2, 0) is 20.3 Å². The molecule has 3 heterocycles. The number of alkyl halides is 1. The molecule has 2 aliphatic heterocycles. The predicted octanol–water partition coefficient (Wildman–Crippen LogP) is 1.34. The summed E-state index contributed by atoms with van der Waals surface area (Å²) in [6, 6.07) is 5.65. The van der Waals surface area contributed by atoms with Gasteiger partial charge in [-0.25, -0.2) is 30.9 Å². The summed E-state index contributed by atoms with van der Waals surface area (Å²) in [6.07, 6.45) is -0.524. The third-order valence-electron chi connectivity index (χ3n) is 5.52. The van der Waals surface area contributed by atoms with Crippen LogP contribution in [0, 0.1) is 17.0 Å². The van der Waals surface area contributed by atoms with Crippen LogP contribution in [-0.4, -0.2) is 61.3 Å². The molecule has 0 unspecified atom stereocenters. The Kier molecular flexibility index (Phi) is 5.33. The van der Waals surface area contributed by atoms with Crippen molar-refractivity contribution in [1.82, 2.24) is 14.6 Å². The van der Waals surface area contributed by atoms with Crippen molar-refractivity contribution in [2.75, 3.05) is 25.6 Å². The van der Waals surface area contributed by atoms with Crippen molar-refractivity contribution in [3.05, 3.63) is 59.4 Å². The SMILES string of the molecule is CN1C(=N)N[C@@]2(c3cc(NC(=O)c4ccc(F)cn4)ccc3F)CO[C@H](CF)[C@H]2S1(=O)=O. The first-order valence-corrected chi connectivity index (χ1v) is 10.9. The number of halogens is 3. The number of amides is 1. The van der Waals surface area contributed by atoms with Crippen molar-refractivity contribution >= 4 is 27.6 Å². The molecule has 0 spiro atoms. The molecule has 0 bridgehead atoms. The van der Waals surface area contributed by atoms with Gasteiger partial charge in [-0.2, -0.15) is 0 Å². The van der Waals surface area contributed by atoms with Gasteiger partial charge in [-0.3, -0.25) is 10.2 Å². The van der Waals surface area contributed by atoms with Crippen molar-refractivity contribution in [1.29, 1.82) is 5.41 Å². The zero-order valence-corrected chi connectivity index (χ0v) is 17.4.